The third-order valence-electron chi connectivity index (χ3n) is 3.09. The zero-order valence-electron chi connectivity index (χ0n) is 12.1. The van der Waals surface area contributed by atoms with Crippen LogP contribution in [-0.2, 0) is 4.79 Å². The summed E-state index contributed by atoms with van der Waals surface area (Å²) < 4.78 is 5.15. The summed E-state index contributed by atoms with van der Waals surface area (Å²) in [5.74, 6) is -0.646. The highest BCUT2D eigenvalue weighted by Gasteiger charge is 2.19. The molecule has 0 fully saturated rings. The van der Waals surface area contributed by atoms with Gasteiger partial charge in [0.25, 0.3) is 5.91 Å². The standard InChI is InChI=1S/C16H16N2O4/c1-22-14-4-2-3-13(11-14)18(10-7-15(19)20)16(21)12-5-8-17-9-6-12/h2-6,8-9,11H,7,10H2,1H3,(H,19,20). The van der Waals surface area contributed by atoms with Crippen LogP contribution in [0.3, 0.4) is 0 Å². The van der Waals surface area contributed by atoms with Crippen LogP contribution in [0.25, 0.3) is 0 Å². The molecule has 0 aliphatic carbocycles. The second-order valence-electron chi connectivity index (χ2n) is 4.54. The summed E-state index contributed by atoms with van der Waals surface area (Å²) in [5.41, 5.74) is 1.03. The number of benzene rings is 1. The van der Waals surface area contributed by atoms with Crippen LogP contribution >= 0.6 is 0 Å². The van der Waals surface area contributed by atoms with Gasteiger partial charge in [-0.05, 0) is 24.3 Å². The molecule has 0 saturated heterocycles. The number of ether oxygens (including phenoxy) is 1. The third-order valence-corrected chi connectivity index (χ3v) is 3.09. The number of aliphatic carboxylic acids is 1. The Labute approximate surface area is 128 Å². The van der Waals surface area contributed by atoms with E-state index >= 15 is 0 Å². The summed E-state index contributed by atoms with van der Waals surface area (Å²) >= 11 is 0. The van der Waals surface area contributed by atoms with Gasteiger partial charge in [0.05, 0.1) is 13.5 Å². The second-order valence-corrected chi connectivity index (χ2v) is 4.54. The number of aromatic nitrogens is 1. The Morgan fingerprint density at radius 1 is 1.23 bits per heavy atom. The van der Waals surface area contributed by atoms with E-state index in [9.17, 15) is 9.59 Å². The van der Waals surface area contributed by atoms with E-state index in [4.69, 9.17) is 9.84 Å². The highest BCUT2D eigenvalue weighted by Crippen LogP contribution is 2.23. The van der Waals surface area contributed by atoms with Gasteiger partial charge < -0.3 is 14.7 Å². The first-order valence-electron chi connectivity index (χ1n) is 6.69. The van der Waals surface area contributed by atoms with Gasteiger partial charge in [-0.2, -0.15) is 0 Å². The molecule has 0 saturated carbocycles. The third kappa shape index (κ3) is 3.82. The average molecular weight is 300 g/mol. The van der Waals surface area contributed by atoms with Crippen LogP contribution in [-0.4, -0.2) is 35.6 Å². The molecule has 2 rings (SSSR count). The lowest BCUT2D eigenvalue weighted by Crippen LogP contribution is -2.33. The van der Waals surface area contributed by atoms with Crippen LogP contribution in [0.2, 0.25) is 0 Å². The highest BCUT2D eigenvalue weighted by atomic mass is 16.5. The lowest BCUT2D eigenvalue weighted by Gasteiger charge is -2.22. The Morgan fingerprint density at radius 2 is 1.95 bits per heavy atom. The van der Waals surface area contributed by atoms with E-state index in [1.54, 1.807) is 36.4 Å². The van der Waals surface area contributed by atoms with Gasteiger partial charge in [-0.1, -0.05) is 6.07 Å². The summed E-state index contributed by atoms with van der Waals surface area (Å²) in [6, 6.07) is 10.1. The molecule has 0 spiro atoms. The number of carboxylic acids is 1. The fourth-order valence-electron chi connectivity index (χ4n) is 1.98. The monoisotopic (exact) mass is 300 g/mol. The molecule has 1 aromatic carbocycles. The SMILES string of the molecule is COc1cccc(N(CCC(=O)O)C(=O)c2ccncc2)c1. The van der Waals surface area contributed by atoms with Gasteiger partial charge >= 0.3 is 5.97 Å². The number of rotatable bonds is 6. The summed E-state index contributed by atoms with van der Waals surface area (Å²) in [4.78, 5) is 28.8. The van der Waals surface area contributed by atoms with Crippen molar-refractivity contribution in [3.05, 3.63) is 54.4 Å². The van der Waals surface area contributed by atoms with E-state index in [1.807, 2.05) is 0 Å². The first-order valence-corrected chi connectivity index (χ1v) is 6.69. The van der Waals surface area contributed by atoms with Gasteiger partial charge in [0.1, 0.15) is 5.75 Å². The largest absolute Gasteiger partial charge is 0.497 e. The number of hydrogen-bond acceptors (Lipinski definition) is 4. The maximum absolute atomic E-state index is 12.6. The number of hydrogen-bond donors (Lipinski definition) is 1. The summed E-state index contributed by atoms with van der Waals surface area (Å²) in [6.07, 6.45) is 2.90. The van der Waals surface area contributed by atoms with E-state index in [1.165, 1.54) is 24.4 Å². The zero-order chi connectivity index (χ0) is 15.9. The number of carbonyl (C=O) groups is 2. The maximum atomic E-state index is 12.6. The van der Waals surface area contributed by atoms with Gasteiger partial charge in [0.15, 0.2) is 0 Å². The summed E-state index contributed by atoms with van der Waals surface area (Å²) in [7, 11) is 1.53. The van der Waals surface area contributed by atoms with Gasteiger partial charge in [-0.3, -0.25) is 14.6 Å². The zero-order valence-corrected chi connectivity index (χ0v) is 12.1. The van der Waals surface area contributed by atoms with Crippen molar-refractivity contribution in [1.82, 2.24) is 4.98 Å². The minimum Gasteiger partial charge on any atom is -0.497 e. The highest BCUT2D eigenvalue weighted by molar-refractivity contribution is 6.06. The van der Waals surface area contributed by atoms with E-state index in [-0.39, 0.29) is 18.9 Å². The van der Waals surface area contributed by atoms with Crippen LogP contribution in [0.4, 0.5) is 5.69 Å². The maximum Gasteiger partial charge on any atom is 0.305 e. The predicted molar refractivity (Wildman–Crippen MR) is 81.2 cm³/mol. The predicted octanol–water partition coefficient (Wildman–Crippen LogP) is 2.21. The Bertz CT molecular complexity index is 658. The molecule has 0 unspecified atom stereocenters. The second kappa shape index (κ2) is 7.21. The lowest BCUT2D eigenvalue weighted by atomic mass is 10.2. The quantitative estimate of drug-likeness (QED) is 0.884. The van der Waals surface area contributed by atoms with Crippen molar-refractivity contribution >= 4 is 17.6 Å². The fraction of sp³-hybridized carbons (Fsp3) is 0.188. The molecule has 1 N–H and O–H groups in total. The molecule has 114 valence electrons. The molecule has 6 heteroatoms. The molecule has 0 aliphatic rings. The molecule has 0 aliphatic heterocycles. The van der Waals surface area contributed by atoms with E-state index in [0.29, 0.717) is 17.0 Å². The number of carboxylic acid groups (broad SMARTS) is 1. The van der Waals surface area contributed by atoms with Crippen molar-refractivity contribution < 1.29 is 19.4 Å². The molecule has 6 nitrogen and oxygen atoms in total. The van der Waals surface area contributed by atoms with Crippen LogP contribution in [0.15, 0.2) is 48.8 Å². The van der Waals surface area contributed by atoms with Gasteiger partial charge in [0, 0.05) is 36.3 Å². The Balaban J connectivity index is 2.33. The molecule has 0 bridgehead atoms. The average Bonchev–Trinajstić information content (AvgIpc) is 2.55. The van der Waals surface area contributed by atoms with E-state index in [0.717, 1.165) is 0 Å². The van der Waals surface area contributed by atoms with Gasteiger partial charge in [-0.25, -0.2) is 0 Å². The molecule has 0 radical (unpaired) electrons. The van der Waals surface area contributed by atoms with Crippen molar-refractivity contribution in [3.63, 3.8) is 0 Å². The van der Waals surface area contributed by atoms with Crippen molar-refractivity contribution in [2.75, 3.05) is 18.6 Å². The van der Waals surface area contributed by atoms with Crippen molar-refractivity contribution in [1.29, 1.82) is 0 Å². The molecule has 0 atom stereocenters. The summed E-state index contributed by atoms with van der Waals surface area (Å²) in [5, 5.41) is 8.89. The van der Waals surface area contributed by atoms with Gasteiger partial charge in [-0.15, -0.1) is 0 Å². The Morgan fingerprint density at radius 3 is 2.59 bits per heavy atom. The molecular weight excluding hydrogens is 284 g/mol. The minimum absolute atomic E-state index is 0.0731. The van der Waals surface area contributed by atoms with Crippen molar-refractivity contribution in [2.45, 2.75) is 6.42 Å². The first-order chi connectivity index (χ1) is 10.6. The van der Waals surface area contributed by atoms with E-state index < -0.39 is 5.97 Å². The molecular formula is C16H16N2O4. The topological polar surface area (TPSA) is 79.7 Å². The van der Waals surface area contributed by atoms with Crippen LogP contribution in [0, 0.1) is 0 Å². The molecule has 22 heavy (non-hydrogen) atoms. The molecule has 1 amide bonds. The molecule has 1 aromatic heterocycles. The fourth-order valence-corrected chi connectivity index (χ4v) is 1.98. The lowest BCUT2D eigenvalue weighted by molar-refractivity contribution is -0.136. The summed E-state index contributed by atoms with van der Waals surface area (Å²) in [6.45, 7) is 0.0731. The van der Waals surface area contributed by atoms with Crippen molar-refractivity contribution in [2.24, 2.45) is 0 Å². The number of anilines is 1. The number of amides is 1. The van der Waals surface area contributed by atoms with Gasteiger partial charge in [0.2, 0.25) is 0 Å². The number of methoxy groups -OCH3 is 1. The van der Waals surface area contributed by atoms with Crippen LogP contribution in [0.1, 0.15) is 16.8 Å². The molecule has 2 aromatic rings. The van der Waals surface area contributed by atoms with Crippen LogP contribution < -0.4 is 9.64 Å². The number of nitrogens with zero attached hydrogens (tertiary/aromatic N) is 2. The first kappa shape index (κ1) is 15.5. The minimum atomic E-state index is -0.963. The Hall–Kier alpha value is -2.89. The normalized spacial score (nSPS) is 10.0. The van der Waals surface area contributed by atoms with Crippen molar-refractivity contribution in [3.8, 4) is 5.75 Å². The van der Waals surface area contributed by atoms with Crippen LogP contribution in [0.5, 0.6) is 5.75 Å². The smallest absolute Gasteiger partial charge is 0.305 e. The van der Waals surface area contributed by atoms with E-state index in [2.05, 4.69) is 4.98 Å². The molecule has 1 heterocycles. The Kier molecular flexibility index (Phi) is 5.08. The number of pyridine rings is 1. The number of carbonyl (C=O) groups excluding carboxylic acids is 1.